The number of benzene rings is 2. The highest BCUT2D eigenvalue weighted by Gasteiger charge is 2.14. The van der Waals surface area contributed by atoms with Crippen molar-refractivity contribution >= 4 is 0 Å². The third kappa shape index (κ3) is 2.33. The minimum atomic E-state index is 0.252. The number of aromatic hydroxyl groups is 1. The number of phenolic OH excluding ortho intramolecular Hbond substituents is 1. The Labute approximate surface area is 108 Å². The van der Waals surface area contributed by atoms with Gasteiger partial charge >= 0.3 is 0 Å². The lowest BCUT2D eigenvalue weighted by molar-refractivity contribution is 0.410. The lowest BCUT2D eigenvalue weighted by atomic mass is 9.95. The molecular weight excluding hydrogens is 224 g/mol. The van der Waals surface area contributed by atoms with Crippen LogP contribution in [0.25, 0.3) is 11.1 Å². The highest BCUT2D eigenvalue weighted by atomic mass is 16.5. The van der Waals surface area contributed by atoms with Crippen molar-refractivity contribution in [1.82, 2.24) is 0 Å². The normalized spacial score (nSPS) is 10.7. The SMILES string of the molecule is COc1cc(-c2ccccc2)c(O)c(C(C)C)c1. The first-order chi connectivity index (χ1) is 8.63. The van der Waals surface area contributed by atoms with E-state index in [4.69, 9.17) is 4.74 Å². The molecule has 2 aromatic rings. The van der Waals surface area contributed by atoms with Gasteiger partial charge in [-0.05, 0) is 23.6 Å². The lowest BCUT2D eigenvalue weighted by Crippen LogP contribution is -1.93. The van der Waals surface area contributed by atoms with Gasteiger partial charge in [-0.25, -0.2) is 0 Å². The van der Waals surface area contributed by atoms with Crippen molar-refractivity contribution in [2.45, 2.75) is 19.8 Å². The molecule has 0 bridgehead atoms. The van der Waals surface area contributed by atoms with E-state index in [1.807, 2.05) is 42.5 Å². The summed E-state index contributed by atoms with van der Waals surface area (Å²) >= 11 is 0. The second kappa shape index (κ2) is 5.13. The van der Waals surface area contributed by atoms with Gasteiger partial charge in [0.1, 0.15) is 11.5 Å². The van der Waals surface area contributed by atoms with E-state index in [2.05, 4.69) is 13.8 Å². The molecule has 0 radical (unpaired) electrons. The van der Waals surface area contributed by atoms with E-state index in [1.165, 1.54) is 0 Å². The number of phenols is 1. The molecule has 0 aliphatic heterocycles. The van der Waals surface area contributed by atoms with Crippen LogP contribution in [0.4, 0.5) is 0 Å². The zero-order chi connectivity index (χ0) is 13.1. The lowest BCUT2D eigenvalue weighted by Gasteiger charge is -2.15. The molecule has 0 heterocycles. The van der Waals surface area contributed by atoms with Crippen molar-refractivity contribution in [3.05, 3.63) is 48.0 Å². The van der Waals surface area contributed by atoms with Crippen LogP contribution < -0.4 is 4.74 Å². The van der Waals surface area contributed by atoms with Crippen LogP contribution in [0.5, 0.6) is 11.5 Å². The Balaban J connectivity index is 2.63. The fraction of sp³-hybridized carbons (Fsp3) is 0.250. The zero-order valence-corrected chi connectivity index (χ0v) is 11.0. The molecule has 0 aliphatic carbocycles. The summed E-state index contributed by atoms with van der Waals surface area (Å²) in [6.07, 6.45) is 0. The summed E-state index contributed by atoms with van der Waals surface area (Å²) < 4.78 is 5.31. The van der Waals surface area contributed by atoms with Crippen molar-refractivity contribution in [2.75, 3.05) is 7.11 Å². The molecule has 94 valence electrons. The first kappa shape index (κ1) is 12.5. The fourth-order valence-electron chi connectivity index (χ4n) is 2.03. The first-order valence-electron chi connectivity index (χ1n) is 6.09. The summed E-state index contributed by atoms with van der Waals surface area (Å²) in [5.41, 5.74) is 2.72. The van der Waals surface area contributed by atoms with Gasteiger partial charge in [0.25, 0.3) is 0 Å². The number of ether oxygens (including phenoxy) is 1. The quantitative estimate of drug-likeness (QED) is 0.874. The highest BCUT2D eigenvalue weighted by Crippen LogP contribution is 2.39. The number of rotatable bonds is 3. The van der Waals surface area contributed by atoms with Crippen LogP contribution in [0.1, 0.15) is 25.3 Å². The van der Waals surface area contributed by atoms with Crippen molar-refractivity contribution in [1.29, 1.82) is 0 Å². The minimum Gasteiger partial charge on any atom is -0.507 e. The minimum absolute atomic E-state index is 0.252. The second-order valence-electron chi connectivity index (χ2n) is 4.63. The fourth-order valence-corrected chi connectivity index (χ4v) is 2.03. The summed E-state index contributed by atoms with van der Waals surface area (Å²) in [7, 11) is 1.64. The van der Waals surface area contributed by atoms with Crippen molar-refractivity contribution in [3.8, 4) is 22.6 Å². The molecule has 0 atom stereocenters. The smallest absolute Gasteiger partial charge is 0.127 e. The molecule has 2 heteroatoms. The van der Waals surface area contributed by atoms with Crippen LogP contribution in [-0.2, 0) is 0 Å². The number of hydrogen-bond acceptors (Lipinski definition) is 2. The van der Waals surface area contributed by atoms with E-state index in [-0.39, 0.29) is 5.92 Å². The van der Waals surface area contributed by atoms with Crippen LogP contribution in [0.3, 0.4) is 0 Å². The van der Waals surface area contributed by atoms with Crippen LogP contribution in [0.2, 0.25) is 0 Å². The van der Waals surface area contributed by atoms with Gasteiger partial charge in [0.2, 0.25) is 0 Å². The molecule has 1 N–H and O–H groups in total. The van der Waals surface area contributed by atoms with Crippen LogP contribution in [0, 0.1) is 0 Å². The van der Waals surface area contributed by atoms with Crippen LogP contribution in [-0.4, -0.2) is 12.2 Å². The van der Waals surface area contributed by atoms with Gasteiger partial charge in [-0.15, -0.1) is 0 Å². The molecule has 0 unspecified atom stereocenters. The summed E-state index contributed by atoms with van der Waals surface area (Å²) in [5.74, 6) is 1.37. The third-order valence-corrected chi connectivity index (χ3v) is 3.06. The van der Waals surface area contributed by atoms with Crippen molar-refractivity contribution < 1.29 is 9.84 Å². The molecule has 0 saturated carbocycles. The average molecular weight is 242 g/mol. The Hall–Kier alpha value is -1.96. The van der Waals surface area contributed by atoms with E-state index in [1.54, 1.807) is 7.11 Å². The average Bonchev–Trinajstić information content (AvgIpc) is 2.39. The maximum absolute atomic E-state index is 10.4. The standard InChI is InChI=1S/C16H18O2/c1-11(2)14-9-13(18-3)10-15(16(14)17)12-7-5-4-6-8-12/h4-11,17H,1-3H3. The van der Waals surface area contributed by atoms with Gasteiger partial charge in [0, 0.05) is 11.1 Å². The molecular formula is C16H18O2. The summed E-state index contributed by atoms with van der Waals surface area (Å²) in [4.78, 5) is 0. The van der Waals surface area contributed by atoms with E-state index < -0.39 is 0 Å². The molecule has 0 spiro atoms. The van der Waals surface area contributed by atoms with Gasteiger partial charge in [-0.2, -0.15) is 0 Å². The topological polar surface area (TPSA) is 29.5 Å². The predicted molar refractivity (Wildman–Crippen MR) is 74.2 cm³/mol. The van der Waals surface area contributed by atoms with Gasteiger partial charge < -0.3 is 9.84 Å². The highest BCUT2D eigenvalue weighted by molar-refractivity contribution is 5.73. The predicted octanol–water partition coefficient (Wildman–Crippen LogP) is 4.19. The number of methoxy groups -OCH3 is 1. The third-order valence-electron chi connectivity index (χ3n) is 3.06. The Morgan fingerprint density at radius 1 is 1.06 bits per heavy atom. The van der Waals surface area contributed by atoms with Gasteiger partial charge in [0.05, 0.1) is 7.11 Å². The molecule has 0 amide bonds. The zero-order valence-electron chi connectivity index (χ0n) is 11.0. The maximum Gasteiger partial charge on any atom is 0.127 e. The maximum atomic E-state index is 10.4. The Morgan fingerprint density at radius 2 is 1.72 bits per heavy atom. The molecule has 0 saturated heterocycles. The molecule has 18 heavy (non-hydrogen) atoms. The molecule has 2 nitrogen and oxygen atoms in total. The van der Waals surface area contributed by atoms with Gasteiger partial charge in [-0.1, -0.05) is 44.2 Å². The molecule has 2 rings (SSSR count). The Kier molecular flexibility index (Phi) is 3.56. The van der Waals surface area contributed by atoms with Crippen LogP contribution >= 0.6 is 0 Å². The largest absolute Gasteiger partial charge is 0.507 e. The monoisotopic (exact) mass is 242 g/mol. The summed E-state index contributed by atoms with van der Waals surface area (Å²) in [5, 5.41) is 10.4. The van der Waals surface area contributed by atoms with Crippen LogP contribution in [0.15, 0.2) is 42.5 Å². The summed E-state index contributed by atoms with van der Waals surface area (Å²) in [6.45, 7) is 4.12. The Morgan fingerprint density at radius 3 is 2.28 bits per heavy atom. The molecule has 2 aromatic carbocycles. The van der Waals surface area contributed by atoms with E-state index in [0.29, 0.717) is 5.75 Å². The number of hydrogen-bond donors (Lipinski definition) is 1. The van der Waals surface area contributed by atoms with Gasteiger partial charge in [-0.3, -0.25) is 0 Å². The molecule has 0 aliphatic rings. The van der Waals surface area contributed by atoms with E-state index >= 15 is 0 Å². The van der Waals surface area contributed by atoms with Crippen molar-refractivity contribution in [2.24, 2.45) is 0 Å². The Bertz CT molecular complexity index is 530. The van der Waals surface area contributed by atoms with E-state index in [9.17, 15) is 5.11 Å². The molecule has 0 aromatic heterocycles. The van der Waals surface area contributed by atoms with E-state index in [0.717, 1.165) is 22.4 Å². The first-order valence-corrected chi connectivity index (χ1v) is 6.09. The van der Waals surface area contributed by atoms with Gasteiger partial charge in [0.15, 0.2) is 0 Å². The van der Waals surface area contributed by atoms with Crippen molar-refractivity contribution in [3.63, 3.8) is 0 Å². The molecule has 0 fully saturated rings. The summed E-state index contributed by atoms with van der Waals surface area (Å²) in [6, 6.07) is 13.6. The second-order valence-corrected chi connectivity index (χ2v) is 4.63.